The van der Waals surface area contributed by atoms with E-state index in [4.69, 9.17) is 10.7 Å². The molecule has 0 saturated heterocycles. The van der Waals surface area contributed by atoms with Gasteiger partial charge in [-0.15, -0.1) is 5.10 Å². The number of carbonyl (C=O) groups is 1. The Morgan fingerprint density at radius 2 is 1.84 bits per heavy atom. The van der Waals surface area contributed by atoms with Crippen molar-refractivity contribution in [2.45, 2.75) is 33.7 Å². The van der Waals surface area contributed by atoms with Gasteiger partial charge in [0, 0.05) is 23.4 Å². The molecule has 1 amide bonds. The maximum Gasteiger partial charge on any atom is 0.267 e. The molecule has 3 heterocycles. The predicted molar refractivity (Wildman–Crippen MR) is 147 cm³/mol. The molecule has 9 nitrogen and oxygen atoms in total. The fourth-order valence-corrected chi connectivity index (χ4v) is 4.18. The van der Waals surface area contributed by atoms with Gasteiger partial charge in [0.15, 0.2) is 11.5 Å². The topological polar surface area (TPSA) is 120 Å². The van der Waals surface area contributed by atoms with Gasteiger partial charge in [-0.2, -0.15) is 0 Å². The van der Waals surface area contributed by atoms with E-state index in [0.29, 0.717) is 33.6 Å². The summed E-state index contributed by atoms with van der Waals surface area (Å²) in [5.41, 5.74) is 7.76. The second-order valence-corrected chi connectivity index (χ2v) is 9.99. The lowest BCUT2D eigenvalue weighted by atomic mass is 9.97. The lowest BCUT2D eigenvalue weighted by molar-refractivity contribution is 0.0940. The van der Waals surface area contributed by atoms with Gasteiger partial charge >= 0.3 is 0 Å². The number of nitrogens with zero attached hydrogens (tertiary/aromatic N) is 5. The minimum absolute atomic E-state index is 0.0578. The van der Waals surface area contributed by atoms with Crippen molar-refractivity contribution in [2.75, 3.05) is 5.73 Å². The number of anilines is 1. The minimum atomic E-state index is -0.665. The molecule has 0 saturated carbocycles. The number of hydrogen-bond donors (Lipinski definition) is 2. The van der Waals surface area contributed by atoms with Crippen molar-refractivity contribution in [2.24, 2.45) is 5.41 Å². The average molecular weight is 506 g/mol. The molecule has 0 unspecified atom stereocenters. The van der Waals surface area contributed by atoms with E-state index in [2.05, 4.69) is 27.2 Å². The summed E-state index contributed by atoms with van der Waals surface area (Å²) in [4.78, 5) is 36.5. The first-order chi connectivity index (χ1) is 18.1. The number of carbonyl (C=O) groups excluding carboxylic acids is 1. The molecule has 0 aliphatic carbocycles. The second kappa shape index (κ2) is 9.48. The molecular weight excluding hydrogens is 478 g/mol. The molecule has 38 heavy (non-hydrogen) atoms. The van der Waals surface area contributed by atoms with E-state index < -0.39 is 11.9 Å². The number of rotatable bonds is 4. The van der Waals surface area contributed by atoms with Crippen molar-refractivity contribution in [1.29, 1.82) is 0 Å². The number of hydrogen-bond acceptors (Lipinski definition) is 6. The van der Waals surface area contributed by atoms with E-state index >= 15 is 0 Å². The zero-order valence-electron chi connectivity index (χ0n) is 21.6. The Morgan fingerprint density at radius 3 is 2.58 bits per heavy atom. The maximum absolute atomic E-state index is 14.0. The third kappa shape index (κ3) is 4.60. The molecule has 0 bridgehead atoms. The third-order valence-electron chi connectivity index (χ3n) is 5.89. The molecule has 0 aliphatic heterocycles. The van der Waals surface area contributed by atoms with Gasteiger partial charge in [-0.3, -0.25) is 14.2 Å². The van der Waals surface area contributed by atoms with Gasteiger partial charge in [0.2, 0.25) is 0 Å². The van der Waals surface area contributed by atoms with Crippen LogP contribution in [0.5, 0.6) is 0 Å². The highest BCUT2D eigenvalue weighted by Gasteiger charge is 2.24. The molecule has 1 atom stereocenters. The Balaban J connectivity index is 1.66. The summed E-state index contributed by atoms with van der Waals surface area (Å²) in [6.07, 6.45) is 3.23. The number of amides is 1. The first-order valence-corrected chi connectivity index (χ1v) is 12.2. The van der Waals surface area contributed by atoms with E-state index in [1.165, 1.54) is 9.08 Å². The molecule has 9 heteroatoms. The summed E-state index contributed by atoms with van der Waals surface area (Å²) >= 11 is 0. The highest BCUT2D eigenvalue weighted by molar-refractivity contribution is 6.04. The van der Waals surface area contributed by atoms with Gasteiger partial charge in [-0.05, 0) is 58.0 Å². The number of para-hydroxylation sites is 1. The van der Waals surface area contributed by atoms with E-state index in [0.717, 1.165) is 0 Å². The van der Waals surface area contributed by atoms with Crippen LogP contribution in [0.3, 0.4) is 0 Å². The maximum atomic E-state index is 14.0. The number of benzene rings is 2. The van der Waals surface area contributed by atoms with E-state index in [9.17, 15) is 9.59 Å². The monoisotopic (exact) mass is 505 g/mol. The summed E-state index contributed by atoms with van der Waals surface area (Å²) in [6.45, 7) is 7.81. The SMILES string of the molecule is C[C@H](NC(=O)c1c(N)nn2cccnc12)c1nc2cccc(C#CC(C)(C)C)c2c(=O)n1-c1ccccc1. The van der Waals surface area contributed by atoms with Crippen LogP contribution in [0.15, 0.2) is 71.8 Å². The predicted octanol–water partition coefficient (Wildman–Crippen LogP) is 3.90. The van der Waals surface area contributed by atoms with Gasteiger partial charge < -0.3 is 11.1 Å². The zero-order valence-corrected chi connectivity index (χ0v) is 21.6. The van der Waals surface area contributed by atoms with Gasteiger partial charge in [0.05, 0.1) is 22.6 Å². The average Bonchev–Trinajstić information content (AvgIpc) is 3.23. The Bertz CT molecular complexity index is 1800. The lowest BCUT2D eigenvalue weighted by Crippen LogP contribution is -2.33. The van der Waals surface area contributed by atoms with Crippen LogP contribution in [0.25, 0.3) is 22.2 Å². The fourth-order valence-electron chi connectivity index (χ4n) is 4.18. The van der Waals surface area contributed by atoms with Crippen molar-refractivity contribution >= 4 is 28.3 Å². The fraction of sp³-hybridized carbons (Fsp3) is 0.207. The van der Waals surface area contributed by atoms with Crippen LogP contribution < -0.4 is 16.6 Å². The van der Waals surface area contributed by atoms with Crippen molar-refractivity contribution in [3.8, 4) is 17.5 Å². The Kier molecular flexibility index (Phi) is 6.17. The van der Waals surface area contributed by atoms with E-state index in [-0.39, 0.29) is 22.4 Å². The first kappa shape index (κ1) is 24.7. The molecule has 3 N–H and O–H groups in total. The van der Waals surface area contributed by atoms with Gasteiger partial charge in [0.1, 0.15) is 11.4 Å². The number of nitrogen functional groups attached to an aromatic ring is 1. The molecule has 0 aliphatic rings. The first-order valence-electron chi connectivity index (χ1n) is 12.2. The van der Waals surface area contributed by atoms with Gasteiger partial charge in [0.25, 0.3) is 11.5 Å². The van der Waals surface area contributed by atoms with Crippen LogP contribution in [-0.4, -0.2) is 30.1 Å². The highest BCUT2D eigenvalue weighted by atomic mass is 16.2. The van der Waals surface area contributed by atoms with Crippen LogP contribution in [-0.2, 0) is 0 Å². The van der Waals surface area contributed by atoms with Crippen molar-refractivity contribution < 1.29 is 4.79 Å². The summed E-state index contributed by atoms with van der Waals surface area (Å²) in [7, 11) is 0. The van der Waals surface area contributed by atoms with Crippen molar-refractivity contribution in [3.05, 3.63) is 94.3 Å². The molecule has 2 aromatic carbocycles. The quantitative estimate of drug-likeness (QED) is 0.358. The van der Waals surface area contributed by atoms with Crippen LogP contribution in [0, 0.1) is 17.3 Å². The van der Waals surface area contributed by atoms with Gasteiger partial charge in [-0.25, -0.2) is 14.5 Å². The molecule has 0 radical (unpaired) electrons. The minimum Gasteiger partial charge on any atom is -0.381 e. The van der Waals surface area contributed by atoms with Crippen molar-refractivity contribution in [1.82, 2.24) is 29.5 Å². The molecule has 5 aromatic rings. The Labute approximate surface area is 219 Å². The highest BCUT2D eigenvalue weighted by Crippen LogP contribution is 2.22. The Morgan fingerprint density at radius 1 is 1.08 bits per heavy atom. The number of fused-ring (bicyclic) bond motifs is 2. The van der Waals surface area contributed by atoms with Crippen LogP contribution in [0.4, 0.5) is 5.82 Å². The van der Waals surface area contributed by atoms with Crippen LogP contribution >= 0.6 is 0 Å². The largest absolute Gasteiger partial charge is 0.381 e. The smallest absolute Gasteiger partial charge is 0.267 e. The molecule has 0 spiro atoms. The summed E-state index contributed by atoms with van der Waals surface area (Å²) in [6, 6.07) is 15.7. The lowest BCUT2D eigenvalue weighted by Gasteiger charge is -2.20. The van der Waals surface area contributed by atoms with Crippen LogP contribution in [0.1, 0.15) is 55.5 Å². The van der Waals surface area contributed by atoms with E-state index in [1.54, 1.807) is 31.5 Å². The molecule has 0 fully saturated rings. The summed E-state index contributed by atoms with van der Waals surface area (Å²) in [5, 5.41) is 7.52. The number of aromatic nitrogens is 5. The zero-order chi connectivity index (χ0) is 27.0. The third-order valence-corrected chi connectivity index (χ3v) is 5.89. The van der Waals surface area contributed by atoms with Gasteiger partial charge in [-0.1, -0.05) is 36.1 Å². The summed E-state index contributed by atoms with van der Waals surface area (Å²) < 4.78 is 2.97. The number of nitrogens with one attached hydrogen (secondary N) is 1. The summed E-state index contributed by atoms with van der Waals surface area (Å²) in [5.74, 6) is 6.33. The molecule has 190 valence electrons. The normalized spacial score (nSPS) is 12.2. The standard InChI is InChI=1S/C29H27N7O2/c1-18(32-27(37)23-24(30)34-35-17-9-16-31-26(23)35)25-33-21-13-8-10-19(14-15-29(2,3)4)22(21)28(38)36(25)20-11-6-5-7-12-20/h5-13,16-18H,1-4H3,(H2,30,34)(H,32,37)/t18-/m0/s1. The second-order valence-electron chi connectivity index (χ2n) is 9.99. The molecular formula is C29H27N7O2. The van der Waals surface area contributed by atoms with Crippen LogP contribution in [0.2, 0.25) is 0 Å². The molecule has 3 aromatic heterocycles. The Hall–Kier alpha value is -4.97. The molecule has 5 rings (SSSR count). The van der Waals surface area contributed by atoms with Crippen molar-refractivity contribution in [3.63, 3.8) is 0 Å². The number of nitrogens with two attached hydrogens (primary N) is 1. The van der Waals surface area contributed by atoms with E-state index in [1.807, 2.05) is 63.2 Å².